The van der Waals surface area contributed by atoms with E-state index < -0.39 is 0 Å². The Balaban J connectivity index is 1.72. The van der Waals surface area contributed by atoms with Gasteiger partial charge in [0.1, 0.15) is 0 Å². The first-order chi connectivity index (χ1) is 12.8. The first-order valence-corrected chi connectivity index (χ1v) is 13.1. The fraction of sp³-hybridized carbons (Fsp3) is 0.957. The van der Waals surface area contributed by atoms with E-state index in [1.165, 1.54) is 56.5 Å². The van der Waals surface area contributed by atoms with E-state index in [4.69, 9.17) is 4.74 Å². The summed E-state index contributed by atoms with van der Waals surface area (Å²) in [4.78, 5) is 12.8. The third kappa shape index (κ3) is 2.64. The molecular weight excluding hydrogens is 372 g/mol. The second kappa shape index (κ2) is 6.86. The minimum atomic E-state index is -0.276. The molecule has 1 spiro atoms. The van der Waals surface area contributed by atoms with Crippen LogP contribution in [0.2, 0.25) is 0 Å². The zero-order valence-corrected chi connectivity index (χ0v) is 19.6. The molecule has 0 unspecified atom stereocenters. The molecule has 27 heavy (non-hydrogen) atoms. The number of hydrogen-bond acceptors (Lipinski definition) is 4. The predicted molar refractivity (Wildman–Crippen MR) is 117 cm³/mol. The monoisotopic (exact) mass is 410 g/mol. The van der Waals surface area contributed by atoms with Gasteiger partial charge < -0.3 is 4.74 Å². The van der Waals surface area contributed by atoms with Crippen LogP contribution >= 0.6 is 23.5 Å². The summed E-state index contributed by atoms with van der Waals surface area (Å²) in [5, 5.41) is 0. The molecule has 3 aliphatic carbocycles. The fourth-order valence-electron chi connectivity index (χ4n) is 7.98. The molecule has 0 N–H and O–H groups in total. The largest absolute Gasteiger partial charge is 0.469 e. The van der Waals surface area contributed by atoms with E-state index in [1.807, 2.05) is 0 Å². The Labute approximate surface area is 174 Å². The maximum atomic E-state index is 12.8. The quantitative estimate of drug-likeness (QED) is 0.493. The molecule has 0 radical (unpaired) electrons. The summed E-state index contributed by atoms with van der Waals surface area (Å²) in [5.41, 5.74) is 0.487. The van der Waals surface area contributed by atoms with Crippen LogP contribution in [0.4, 0.5) is 0 Å². The molecule has 6 atom stereocenters. The molecule has 0 aromatic heterocycles. The summed E-state index contributed by atoms with van der Waals surface area (Å²) in [6.07, 6.45) is 10.1. The number of hydrogen-bond donors (Lipinski definition) is 0. The van der Waals surface area contributed by atoms with Gasteiger partial charge in [-0.15, -0.1) is 23.5 Å². The topological polar surface area (TPSA) is 26.3 Å². The van der Waals surface area contributed by atoms with Crippen LogP contribution in [0.25, 0.3) is 0 Å². The summed E-state index contributed by atoms with van der Waals surface area (Å²) in [6.45, 7) is 9.78. The number of esters is 1. The van der Waals surface area contributed by atoms with Crippen molar-refractivity contribution in [1.82, 2.24) is 0 Å². The van der Waals surface area contributed by atoms with Crippen molar-refractivity contribution in [3.8, 4) is 0 Å². The molecule has 3 saturated carbocycles. The van der Waals surface area contributed by atoms with Crippen molar-refractivity contribution in [3.63, 3.8) is 0 Å². The zero-order chi connectivity index (χ0) is 19.5. The second-order valence-corrected chi connectivity index (χ2v) is 13.4. The molecule has 0 amide bonds. The Kier molecular flexibility index (Phi) is 5.19. The van der Waals surface area contributed by atoms with Gasteiger partial charge in [0.25, 0.3) is 0 Å². The van der Waals surface area contributed by atoms with Crippen molar-refractivity contribution in [2.75, 3.05) is 18.6 Å². The number of fused-ring (bicyclic) bond motifs is 4. The summed E-state index contributed by atoms with van der Waals surface area (Å²) in [5.74, 6) is 4.78. The minimum absolute atomic E-state index is 0.0467. The third-order valence-electron chi connectivity index (χ3n) is 9.56. The lowest BCUT2D eigenvalue weighted by atomic mass is 9.42. The van der Waals surface area contributed by atoms with Gasteiger partial charge >= 0.3 is 5.97 Å². The number of carbonyl (C=O) groups excluding carboxylic acids is 1. The Morgan fingerprint density at radius 1 is 1.00 bits per heavy atom. The molecule has 1 aliphatic heterocycles. The van der Waals surface area contributed by atoms with Crippen LogP contribution in [-0.2, 0) is 9.53 Å². The molecule has 4 aliphatic rings. The Bertz CT molecular complexity index is 601. The smallest absolute Gasteiger partial charge is 0.311 e. The lowest BCUT2D eigenvalue weighted by Crippen LogP contribution is -2.62. The van der Waals surface area contributed by atoms with Crippen LogP contribution in [0.3, 0.4) is 0 Å². The summed E-state index contributed by atoms with van der Waals surface area (Å²) < 4.78 is 5.73. The maximum absolute atomic E-state index is 12.8. The van der Waals surface area contributed by atoms with E-state index in [0.29, 0.717) is 20.8 Å². The summed E-state index contributed by atoms with van der Waals surface area (Å²) in [7, 11) is 1.58. The van der Waals surface area contributed by atoms with Crippen LogP contribution < -0.4 is 0 Å². The highest BCUT2D eigenvalue weighted by atomic mass is 32.2. The van der Waals surface area contributed by atoms with Gasteiger partial charge in [0.2, 0.25) is 0 Å². The number of methoxy groups -OCH3 is 1. The van der Waals surface area contributed by atoms with Gasteiger partial charge in [-0.25, -0.2) is 0 Å². The van der Waals surface area contributed by atoms with Crippen LogP contribution in [0.5, 0.6) is 0 Å². The standard InChI is InChI=1S/C23H38O2S2/c1-6-20(2)13-10-16-17(23(20)26-14-15-27-23)8-9-18-21(16,3)11-7-12-22(18,4)19(24)25-5/h16-18H,6-15H2,1-5H3/t16-,17-,18+,20-,21+,22+/m0/s1. The van der Waals surface area contributed by atoms with Crippen molar-refractivity contribution in [1.29, 1.82) is 0 Å². The maximum Gasteiger partial charge on any atom is 0.311 e. The van der Waals surface area contributed by atoms with Gasteiger partial charge in [-0.05, 0) is 80.5 Å². The van der Waals surface area contributed by atoms with Gasteiger partial charge in [0.05, 0.1) is 16.6 Å². The molecule has 1 saturated heterocycles. The van der Waals surface area contributed by atoms with E-state index in [-0.39, 0.29) is 11.4 Å². The molecule has 0 aromatic rings. The van der Waals surface area contributed by atoms with E-state index >= 15 is 0 Å². The molecule has 4 rings (SSSR count). The Morgan fingerprint density at radius 2 is 1.70 bits per heavy atom. The molecule has 4 heteroatoms. The summed E-state index contributed by atoms with van der Waals surface area (Å²) >= 11 is 4.61. The van der Waals surface area contributed by atoms with Crippen molar-refractivity contribution in [2.45, 2.75) is 83.1 Å². The number of rotatable bonds is 2. The Hall–Kier alpha value is 0.170. The van der Waals surface area contributed by atoms with Crippen molar-refractivity contribution < 1.29 is 9.53 Å². The average molecular weight is 411 g/mol. The van der Waals surface area contributed by atoms with Crippen LogP contribution in [0.15, 0.2) is 0 Å². The molecular formula is C23H38O2S2. The van der Waals surface area contributed by atoms with Crippen LogP contribution in [0.1, 0.15) is 79.1 Å². The molecule has 0 bridgehead atoms. The molecule has 2 nitrogen and oxygen atoms in total. The number of carbonyl (C=O) groups is 1. The molecule has 1 heterocycles. The number of thioether (sulfide) groups is 2. The highest BCUT2D eigenvalue weighted by molar-refractivity contribution is 8.21. The normalized spacial score (nSPS) is 48.7. The molecule has 0 aromatic carbocycles. The summed E-state index contributed by atoms with van der Waals surface area (Å²) in [6, 6.07) is 0. The minimum Gasteiger partial charge on any atom is -0.469 e. The van der Waals surface area contributed by atoms with Crippen molar-refractivity contribution in [2.24, 2.45) is 34.0 Å². The van der Waals surface area contributed by atoms with E-state index in [9.17, 15) is 4.79 Å². The molecule has 154 valence electrons. The lowest BCUT2D eigenvalue weighted by molar-refractivity contribution is -0.177. The second-order valence-electron chi connectivity index (χ2n) is 10.4. The molecule has 4 fully saturated rings. The van der Waals surface area contributed by atoms with Crippen LogP contribution in [0, 0.1) is 34.0 Å². The highest BCUT2D eigenvalue weighted by Crippen LogP contribution is 2.73. The third-order valence-corrected chi connectivity index (χ3v) is 13.8. The van der Waals surface area contributed by atoms with Gasteiger partial charge in [0, 0.05) is 11.5 Å². The number of ether oxygens (including phenoxy) is 1. The van der Waals surface area contributed by atoms with Gasteiger partial charge in [-0.3, -0.25) is 4.79 Å². The fourth-order valence-corrected chi connectivity index (χ4v) is 12.3. The van der Waals surface area contributed by atoms with Gasteiger partial charge in [0.15, 0.2) is 0 Å². The first-order valence-electron chi connectivity index (χ1n) is 11.1. The average Bonchev–Trinajstić information content (AvgIpc) is 3.15. The van der Waals surface area contributed by atoms with Crippen molar-refractivity contribution >= 4 is 29.5 Å². The highest BCUT2D eigenvalue weighted by Gasteiger charge is 2.67. The van der Waals surface area contributed by atoms with Crippen molar-refractivity contribution in [3.05, 3.63) is 0 Å². The first kappa shape index (κ1) is 20.4. The van der Waals surface area contributed by atoms with E-state index in [2.05, 4.69) is 51.2 Å². The van der Waals surface area contributed by atoms with Gasteiger partial charge in [-0.2, -0.15) is 0 Å². The van der Waals surface area contributed by atoms with Gasteiger partial charge in [-0.1, -0.05) is 27.2 Å². The predicted octanol–water partition coefficient (Wildman–Crippen LogP) is 6.38. The SMILES string of the molecule is CC[C@@]1(C)CC[C@H]2[C@H](CC[C@@H]3[C@]2(C)CCC[C@@]3(C)C(=O)OC)C12SCCS2. The van der Waals surface area contributed by atoms with E-state index in [1.54, 1.807) is 7.11 Å². The Morgan fingerprint density at radius 3 is 2.33 bits per heavy atom. The van der Waals surface area contributed by atoms with E-state index in [0.717, 1.165) is 18.3 Å². The van der Waals surface area contributed by atoms with Crippen LogP contribution in [-0.4, -0.2) is 28.7 Å². The zero-order valence-electron chi connectivity index (χ0n) is 17.9. The lowest BCUT2D eigenvalue weighted by Gasteiger charge is -2.66.